The number of halogens is 2. The molecule has 3 rings (SSSR count). The normalized spacial score (nSPS) is 24.9. The summed E-state index contributed by atoms with van der Waals surface area (Å²) in [6.45, 7) is 5.76. The van der Waals surface area contributed by atoms with Crippen molar-refractivity contribution in [2.45, 2.75) is 38.8 Å². The van der Waals surface area contributed by atoms with Crippen LogP contribution in [0.1, 0.15) is 31.0 Å². The van der Waals surface area contributed by atoms with Crippen LogP contribution in [-0.4, -0.2) is 58.1 Å². The van der Waals surface area contributed by atoms with Gasteiger partial charge < -0.3 is 15.2 Å². The number of carbonyl (C=O) groups is 1. The van der Waals surface area contributed by atoms with E-state index in [1.807, 2.05) is 4.90 Å². The lowest BCUT2D eigenvalue weighted by atomic mass is 10.1. The molecule has 1 amide bonds. The first-order valence-electron chi connectivity index (χ1n) is 7.67. The van der Waals surface area contributed by atoms with E-state index in [0.717, 1.165) is 45.4 Å². The molecule has 1 saturated heterocycles. The third-order valence-corrected chi connectivity index (χ3v) is 4.44. The Balaban J connectivity index is 0.00000132. The van der Waals surface area contributed by atoms with Gasteiger partial charge in [-0.1, -0.05) is 5.16 Å². The minimum Gasteiger partial charge on any atom is -0.340 e. The number of aryl methyl sites for hydroxylation is 1. The van der Waals surface area contributed by atoms with Gasteiger partial charge in [-0.3, -0.25) is 9.69 Å². The lowest BCUT2D eigenvalue weighted by Crippen LogP contribution is -2.49. The van der Waals surface area contributed by atoms with Crippen molar-refractivity contribution < 1.29 is 9.32 Å². The molecule has 0 bridgehead atoms. The maximum absolute atomic E-state index is 12.4. The molecule has 1 aromatic rings. The van der Waals surface area contributed by atoms with Gasteiger partial charge in [0.15, 0.2) is 5.82 Å². The SMILES string of the molecule is Cc1nc(CN2CCN(C(=O)C3CCC(N)C3)CC2)no1.Cl.Cl. The number of carbonyl (C=O) groups excluding carboxylic acids is 1. The molecule has 1 aliphatic carbocycles. The largest absolute Gasteiger partial charge is 0.340 e. The Kier molecular flexibility index (Phi) is 7.73. The fourth-order valence-electron chi connectivity index (χ4n) is 3.23. The Bertz CT molecular complexity index is 505. The van der Waals surface area contributed by atoms with Crippen molar-refractivity contribution in [3.8, 4) is 0 Å². The van der Waals surface area contributed by atoms with Crippen LogP contribution >= 0.6 is 24.8 Å². The number of hydrogen-bond acceptors (Lipinski definition) is 6. The van der Waals surface area contributed by atoms with Gasteiger partial charge in [0.1, 0.15) is 0 Å². The number of piperazine rings is 1. The number of aromatic nitrogens is 2. The second kappa shape index (κ2) is 8.82. The predicted molar refractivity (Wildman–Crippen MR) is 90.7 cm³/mol. The van der Waals surface area contributed by atoms with E-state index < -0.39 is 0 Å². The molecule has 2 aliphatic rings. The van der Waals surface area contributed by atoms with Crippen molar-refractivity contribution in [2.24, 2.45) is 11.7 Å². The molecular weight excluding hydrogens is 341 g/mol. The maximum Gasteiger partial charge on any atom is 0.225 e. The fourth-order valence-corrected chi connectivity index (χ4v) is 3.23. The molecule has 7 nitrogen and oxygen atoms in total. The number of nitrogens with two attached hydrogens (primary N) is 1. The van der Waals surface area contributed by atoms with Gasteiger partial charge in [-0.2, -0.15) is 4.98 Å². The van der Waals surface area contributed by atoms with Gasteiger partial charge in [-0.05, 0) is 19.3 Å². The van der Waals surface area contributed by atoms with Crippen molar-refractivity contribution in [1.29, 1.82) is 0 Å². The number of nitrogens with zero attached hydrogens (tertiary/aromatic N) is 4. The van der Waals surface area contributed by atoms with E-state index >= 15 is 0 Å². The molecule has 0 radical (unpaired) electrons. The summed E-state index contributed by atoms with van der Waals surface area (Å²) in [5.41, 5.74) is 5.90. The van der Waals surface area contributed by atoms with Gasteiger partial charge in [-0.15, -0.1) is 24.8 Å². The maximum atomic E-state index is 12.4. The summed E-state index contributed by atoms with van der Waals surface area (Å²) in [6, 6.07) is 0.210. The molecule has 1 aliphatic heterocycles. The van der Waals surface area contributed by atoms with Crippen molar-refractivity contribution in [3.63, 3.8) is 0 Å². The first-order valence-corrected chi connectivity index (χ1v) is 7.67. The molecule has 2 N–H and O–H groups in total. The van der Waals surface area contributed by atoms with E-state index in [1.54, 1.807) is 6.92 Å². The Morgan fingerprint density at radius 1 is 1.26 bits per heavy atom. The summed E-state index contributed by atoms with van der Waals surface area (Å²) in [7, 11) is 0. The summed E-state index contributed by atoms with van der Waals surface area (Å²) in [5, 5.41) is 3.91. The van der Waals surface area contributed by atoms with Gasteiger partial charge in [-0.25, -0.2) is 0 Å². The highest BCUT2D eigenvalue weighted by atomic mass is 35.5. The summed E-state index contributed by atoms with van der Waals surface area (Å²) in [4.78, 5) is 20.9. The molecule has 23 heavy (non-hydrogen) atoms. The lowest BCUT2D eigenvalue weighted by Gasteiger charge is -2.35. The third-order valence-electron chi connectivity index (χ3n) is 4.44. The van der Waals surface area contributed by atoms with E-state index in [4.69, 9.17) is 10.3 Å². The number of amides is 1. The quantitative estimate of drug-likeness (QED) is 0.859. The van der Waals surface area contributed by atoms with Gasteiger partial charge in [0.05, 0.1) is 6.54 Å². The molecule has 2 atom stereocenters. The predicted octanol–water partition coefficient (Wildman–Crippen LogP) is 0.993. The molecule has 9 heteroatoms. The molecule has 1 aromatic heterocycles. The smallest absolute Gasteiger partial charge is 0.225 e. The van der Waals surface area contributed by atoms with Crippen LogP contribution in [0.3, 0.4) is 0 Å². The average molecular weight is 366 g/mol. The Morgan fingerprint density at radius 2 is 1.96 bits per heavy atom. The van der Waals surface area contributed by atoms with Crippen molar-refractivity contribution in [2.75, 3.05) is 26.2 Å². The van der Waals surface area contributed by atoms with Crippen molar-refractivity contribution >= 4 is 30.7 Å². The van der Waals surface area contributed by atoms with Crippen LogP contribution in [0.25, 0.3) is 0 Å². The highest BCUT2D eigenvalue weighted by molar-refractivity contribution is 5.85. The van der Waals surface area contributed by atoms with Crippen LogP contribution in [0.15, 0.2) is 4.52 Å². The molecule has 2 heterocycles. The minimum atomic E-state index is 0. The fraction of sp³-hybridized carbons (Fsp3) is 0.786. The second-order valence-electron chi connectivity index (χ2n) is 6.10. The van der Waals surface area contributed by atoms with Crippen LogP contribution in [0.4, 0.5) is 0 Å². The molecule has 1 saturated carbocycles. The number of hydrogen-bond donors (Lipinski definition) is 1. The van der Waals surface area contributed by atoms with Gasteiger partial charge in [0.25, 0.3) is 0 Å². The lowest BCUT2D eigenvalue weighted by molar-refractivity contribution is -0.137. The second-order valence-corrected chi connectivity index (χ2v) is 6.10. The molecule has 2 unspecified atom stereocenters. The summed E-state index contributed by atoms with van der Waals surface area (Å²) in [6.07, 6.45) is 2.77. The van der Waals surface area contributed by atoms with Gasteiger partial charge in [0, 0.05) is 45.1 Å². The monoisotopic (exact) mass is 365 g/mol. The molecule has 0 spiro atoms. The zero-order valence-corrected chi connectivity index (χ0v) is 14.9. The number of rotatable bonds is 3. The Labute approximate surface area is 148 Å². The van der Waals surface area contributed by atoms with Crippen molar-refractivity contribution in [1.82, 2.24) is 19.9 Å². The Hall–Kier alpha value is -0.890. The highest BCUT2D eigenvalue weighted by Gasteiger charge is 2.32. The zero-order valence-electron chi connectivity index (χ0n) is 13.3. The minimum absolute atomic E-state index is 0. The Morgan fingerprint density at radius 3 is 2.48 bits per heavy atom. The van der Waals surface area contributed by atoms with E-state index in [-0.39, 0.29) is 42.7 Å². The van der Waals surface area contributed by atoms with Crippen LogP contribution in [0.5, 0.6) is 0 Å². The molecule has 132 valence electrons. The average Bonchev–Trinajstić information content (AvgIpc) is 3.08. The van der Waals surface area contributed by atoms with Crippen LogP contribution in [0, 0.1) is 12.8 Å². The van der Waals surface area contributed by atoms with Crippen LogP contribution < -0.4 is 5.73 Å². The zero-order chi connectivity index (χ0) is 14.8. The first-order chi connectivity index (χ1) is 10.1. The van der Waals surface area contributed by atoms with Gasteiger partial charge >= 0.3 is 0 Å². The van der Waals surface area contributed by atoms with Gasteiger partial charge in [0.2, 0.25) is 11.8 Å². The molecule has 2 fully saturated rings. The molecule has 0 aromatic carbocycles. The topological polar surface area (TPSA) is 88.5 Å². The summed E-state index contributed by atoms with van der Waals surface area (Å²) >= 11 is 0. The van der Waals surface area contributed by atoms with E-state index in [2.05, 4.69) is 15.0 Å². The van der Waals surface area contributed by atoms with E-state index in [0.29, 0.717) is 18.3 Å². The molecular formula is C14H25Cl2N5O2. The van der Waals surface area contributed by atoms with E-state index in [9.17, 15) is 4.79 Å². The summed E-state index contributed by atoms with van der Waals surface area (Å²) < 4.78 is 4.98. The van der Waals surface area contributed by atoms with E-state index in [1.165, 1.54) is 0 Å². The first kappa shape index (κ1) is 20.2. The standard InChI is InChI=1S/C14H23N5O2.2ClH/c1-10-16-13(17-21-10)9-18-4-6-19(7-5-18)14(20)11-2-3-12(15)8-11;;/h11-12H,2-9,15H2,1H3;2*1H. The van der Waals surface area contributed by atoms with Crippen LogP contribution in [-0.2, 0) is 11.3 Å². The van der Waals surface area contributed by atoms with Crippen molar-refractivity contribution in [3.05, 3.63) is 11.7 Å². The highest BCUT2D eigenvalue weighted by Crippen LogP contribution is 2.26. The summed E-state index contributed by atoms with van der Waals surface area (Å²) in [5.74, 6) is 1.75. The third kappa shape index (κ3) is 5.04. The van der Waals surface area contributed by atoms with Crippen LogP contribution in [0.2, 0.25) is 0 Å².